The molecule has 0 aromatic heterocycles. The maximum Gasteiger partial charge on any atom is 0.0320 e. The van der Waals surface area contributed by atoms with Crippen LogP contribution in [-0.2, 0) is 0 Å². The normalized spacial score (nSPS) is 12.6. The van der Waals surface area contributed by atoms with Crippen molar-refractivity contribution in [2.24, 2.45) is 0 Å². The first-order valence-corrected chi connectivity index (χ1v) is 9.47. The number of rotatable bonds is 11. The van der Waals surface area contributed by atoms with E-state index in [0.29, 0.717) is 6.04 Å². The zero-order valence-corrected chi connectivity index (χ0v) is 15.6. The Labute approximate surface area is 140 Å². The number of unbranched alkanes of at least 4 members (excludes halogenated alkanes) is 6. The van der Waals surface area contributed by atoms with E-state index in [2.05, 4.69) is 60.2 Å². The number of hydrogen-bond acceptors (Lipinski definition) is 1. The van der Waals surface area contributed by atoms with Gasteiger partial charge in [0.2, 0.25) is 0 Å². The Kier molecular flexibility index (Phi) is 10.0. The summed E-state index contributed by atoms with van der Waals surface area (Å²) in [7, 11) is 0. The highest BCUT2D eigenvalue weighted by atomic mass is 79.9. The third-order valence-corrected chi connectivity index (χ3v) is 4.47. The zero-order chi connectivity index (χ0) is 15.5. The minimum absolute atomic E-state index is 0.502. The molecule has 0 heterocycles. The maximum absolute atomic E-state index is 3.64. The van der Waals surface area contributed by atoms with Gasteiger partial charge < -0.3 is 5.32 Å². The van der Waals surface area contributed by atoms with E-state index in [1.807, 2.05) is 0 Å². The Bertz CT molecular complexity index is 369. The zero-order valence-electron chi connectivity index (χ0n) is 14.1. The van der Waals surface area contributed by atoms with Crippen LogP contribution >= 0.6 is 15.9 Å². The topological polar surface area (TPSA) is 12.0 Å². The predicted molar refractivity (Wildman–Crippen MR) is 97.9 cm³/mol. The Morgan fingerprint density at radius 2 is 1.62 bits per heavy atom. The lowest BCUT2D eigenvalue weighted by Gasteiger charge is -2.19. The molecule has 21 heavy (non-hydrogen) atoms. The number of nitrogens with one attached hydrogen (secondary N) is 1. The second-order valence-electron chi connectivity index (χ2n) is 6.08. The molecule has 0 radical (unpaired) electrons. The number of halogens is 1. The van der Waals surface area contributed by atoms with Crippen molar-refractivity contribution in [2.75, 3.05) is 6.54 Å². The maximum atomic E-state index is 3.64. The van der Waals surface area contributed by atoms with Crippen LogP contribution in [0.5, 0.6) is 0 Å². The molecule has 1 atom stereocenters. The van der Waals surface area contributed by atoms with Gasteiger partial charge in [-0.2, -0.15) is 0 Å². The molecule has 1 aromatic carbocycles. The van der Waals surface area contributed by atoms with Crippen LogP contribution in [0.4, 0.5) is 0 Å². The highest BCUT2D eigenvalue weighted by Gasteiger charge is 2.11. The fraction of sp³-hybridized carbons (Fsp3) is 0.684. The van der Waals surface area contributed by atoms with Crippen molar-refractivity contribution in [1.82, 2.24) is 5.32 Å². The van der Waals surface area contributed by atoms with Gasteiger partial charge in [0.15, 0.2) is 0 Å². The van der Waals surface area contributed by atoms with Gasteiger partial charge in [-0.3, -0.25) is 0 Å². The molecule has 0 spiro atoms. The third-order valence-electron chi connectivity index (χ3n) is 4.01. The lowest BCUT2D eigenvalue weighted by molar-refractivity contribution is 0.475. The van der Waals surface area contributed by atoms with Crippen LogP contribution in [-0.4, -0.2) is 6.54 Å². The molecular weight excluding hydrogens is 322 g/mol. The summed E-state index contributed by atoms with van der Waals surface area (Å²) >= 11 is 3.62. The van der Waals surface area contributed by atoms with Crippen molar-refractivity contribution in [1.29, 1.82) is 0 Å². The summed E-state index contributed by atoms with van der Waals surface area (Å²) in [5.41, 5.74) is 2.76. The number of aryl methyl sites for hydroxylation is 1. The van der Waals surface area contributed by atoms with Gasteiger partial charge in [-0.05, 0) is 43.1 Å². The van der Waals surface area contributed by atoms with Gasteiger partial charge in [-0.15, -0.1) is 0 Å². The highest BCUT2D eigenvalue weighted by Crippen LogP contribution is 2.25. The van der Waals surface area contributed by atoms with Crippen LogP contribution in [0.3, 0.4) is 0 Å². The first kappa shape index (κ1) is 18.7. The van der Waals surface area contributed by atoms with Crippen molar-refractivity contribution < 1.29 is 0 Å². The number of hydrogen-bond donors (Lipinski definition) is 1. The predicted octanol–water partition coefficient (Wildman–Crippen LogP) is 6.55. The van der Waals surface area contributed by atoms with E-state index in [9.17, 15) is 0 Å². The summed E-state index contributed by atoms with van der Waals surface area (Å²) < 4.78 is 1.19. The molecule has 2 heteroatoms. The molecule has 0 aliphatic rings. The van der Waals surface area contributed by atoms with E-state index in [1.54, 1.807) is 0 Å². The van der Waals surface area contributed by atoms with Gasteiger partial charge in [-0.25, -0.2) is 0 Å². The molecular formula is C19H32BrN. The standard InChI is InChI=1S/C19H32BrN/c1-4-6-7-8-9-10-11-12-19(21-5-2)17-13-16(3)14-18(20)15-17/h13-15,19,21H,4-12H2,1-3H3. The SMILES string of the molecule is CCCCCCCCCC(NCC)c1cc(C)cc(Br)c1. The van der Waals surface area contributed by atoms with Crippen molar-refractivity contribution in [3.8, 4) is 0 Å². The van der Waals surface area contributed by atoms with E-state index in [-0.39, 0.29) is 0 Å². The minimum atomic E-state index is 0.502. The van der Waals surface area contributed by atoms with Crippen LogP contribution in [0.25, 0.3) is 0 Å². The molecule has 120 valence electrons. The molecule has 1 nitrogen and oxygen atoms in total. The summed E-state index contributed by atoms with van der Waals surface area (Å²) in [6.45, 7) is 7.68. The second-order valence-corrected chi connectivity index (χ2v) is 7.00. The fourth-order valence-corrected chi connectivity index (χ4v) is 3.53. The molecule has 1 aromatic rings. The minimum Gasteiger partial charge on any atom is -0.310 e. The smallest absolute Gasteiger partial charge is 0.0320 e. The van der Waals surface area contributed by atoms with Crippen molar-refractivity contribution in [2.45, 2.75) is 78.2 Å². The Morgan fingerprint density at radius 3 is 2.24 bits per heavy atom. The average Bonchev–Trinajstić information content (AvgIpc) is 2.44. The van der Waals surface area contributed by atoms with Crippen LogP contribution < -0.4 is 5.32 Å². The molecule has 0 amide bonds. The fourth-order valence-electron chi connectivity index (χ4n) is 2.90. The largest absolute Gasteiger partial charge is 0.310 e. The van der Waals surface area contributed by atoms with Crippen LogP contribution in [0.2, 0.25) is 0 Å². The first-order chi connectivity index (χ1) is 10.2. The van der Waals surface area contributed by atoms with Gasteiger partial charge in [0.1, 0.15) is 0 Å². The quantitative estimate of drug-likeness (QED) is 0.444. The van der Waals surface area contributed by atoms with Gasteiger partial charge in [0.25, 0.3) is 0 Å². The second kappa shape index (κ2) is 11.3. The summed E-state index contributed by atoms with van der Waals surface area (Å²) in [5.74, 6) is 0. The molecule has 0 saturated heterocycles. The number of benzene rings is 1. The van der Waals surface area contributed by atoms with Gasteiger partial charge in [0, 0.05) is 10.5 Å². The third kappa shape index (κ3) is 8.01. The van der Waals surface area contributed by atoms with E-state index >= 15 is 0 Å². The molecule has 0 saturated carbocycles. The summed E-state index contributed by atoms with van der Waals surface area (Å²) in [4.78, 5) is 0. The molecule has 0 fully saturated rings. The van der Waals surface area contributed by atoms with Crippen LogP contribution in [0.1, 0.15) is 82.4 Å². The summed E-state index contributed by atoms with van der Waals surface area (Å²) in [5, 5.41) is 3.64. The Balaban J connectivity index is 2.39. The summed E-state index contributed by atoms with van der Waals surface area (Å²) in [6.07, 6.45) is 10.9. The molecule has 0 aliphatic heterocycles. The van der Waals surface area contributed by atoms with E-state index in [1.165, 1.54) is 67.0 Å². The van der Waals surface area contributed by atoms with Gasteiger partial charge in [0.05, 0.1) is 0 Å². The Morgan fingerprint density at radius 1 is 0.952 bits per heavy atom. The average molecular weight is 354 g/mol. The van der Waals surface area contributed by atoms with E-state index < -0.39 is 0 Å². The lowest BCUT2D eigenvalue weighted by Crippen LogP contribution is -2.21. The van der Waals surface area contributed by atoms with Gasteiger partial charge >= 0.3 is 0 Å². The summed E-state index contributed by atoms with van der Waals surface area (Å²) in [6, 6.07) is 7.27. The van der Waals surface area contributed by atoms with E-state index in [0.717, 1.165) is 6.54 Å². The molecule has 1 unspecified atom stereocenters. The van der Waals surface area contributed by atoms with Crippen molar-refractivity contribution in [3.05, 3.63) is 33.8 Å². The monoisotopic (exact) mass is 353 g/mol. The van der Waals surface area contributed by atoms with Crippen LogP contribution in [0, 0.1) is 6.92 Å². The lowest BCUT2D eigenvalue weighted by atomic mass is 9.98. The molecule has 1 N–H and O–H groups in total. The van der Waals surface area contributed by atoms with Gasteiger partial charge in [-0.1, -0.05) is 80.8 Å². The Hall–Kier alpha value is -0.340. The first-order valence-electron chi connectivity index (χ1n) is 8.67. The van der Waals surface area contributed by atoms with Crippen molar-refractivity contribution >= 4 is 15.9 Å². The van der Waals surface area contributed by atoms with Crippen molar-refractivity contribution in [3.63, 3.8) is 0 Å². The van der Waals surface area contributed by atoms with E-state index in [4.69, 9.17) is 0 Å². The molecule has 0 bridgehead atoms. The molecule has 1 rings (SSSR count). The highest BCUT2D eigenvalue weighted by molar-refractivity contribution is 9.10. The molecule has 0 aliphatic carbocycles. The van der Waals surface area contributed by atoms with Crippen LogP contribution in [0.15, 0.2) is 22.7 Å².